The van der Waals surface area contributed by atoms with E-state index in [0.717, 1.165) is 5.56 Å². The summed E-state index contributed by atoms with van der Waals surface area (Å²) in [5.74, 6) is 0.664. The molecule has 0 unspecified atom stereocenters. The lowest BCUT2D eigenvalue weighted by molar-refractivity contribution is -0.122. The molecule has 6 nitrogen and oxygen atoms in total. The molecule has 2 amide bonds. The number of hydrogen-bond donors (Lipinski definition) is 2. The van der Waals surface area contributed by atoms with Gasteiger partial charge < -0.3 is 20.1 Å². The molecule has 1 aliphatic rings. The van der Waals surface area contributed by atoms with E-state index in [9.17, 15) is 9.59 Å². The highest BCUT2D eigenvalue weighted by molar-refractivity contribution is 6.33. The second kappa shape index (κ2) is 7.44. The van der Waals surface area contributed by atoms with Crippen LogP contribution in [0.25, 0.3) is 0 Å². The number of ether oxygens (including phenoxy) is 2. The average molecular weight is 361 g/mol. The first kappa shape index (κ1) is 17.1. The fourth-order valence-corrected chi connectivity index (χ4v) is 2.60. The largest absolute Gasteiger partial charge is 0.454 e. The summed E-state index contributed by atoms with van der Waals surface area (Å²) < 4.78 is 10.5. The first-order chi connectivity index (χ1) is 12.0. The Morgan fingerprint density at radius 3 is 2.72 bits per heavy atom. The van der Waals surface area contributed by atoms with Crippen molar-refractivity contribution in [3.05, 3.63) is 58.6 Å². The molecule has 1 heterocycles. The molecule has 2 aromatic rings. The van der Waals surface area contributed by atoms with E-state index in [0.29, 0.717) is 28.6 Å². The van der Waals surface area contributed by atoms with Gasteiger partial charge in [-0.05, 0) is 36.8 Å². The van der Waals surface area contributed by atoms with Crippen LogP contribution in [0, 0.1) is 0 Å². The van der Waals surface area contributed by atoms with Crippen molar-refractivity contribution in [1.29, 1.82) is 0 Å². The van der Waals surface area contributed by atoms with Gasteiger partial charge in [0.15, 0.2) is 11.5 Å². The van der Waals surface area contributed by atoms with Crippen molar-refractivity contribution >= 4 is 23.4 Å². The van der Waals surface area contributed by atoms with E-state index in [1.807, 2.05) is 12.1 Å². The molecule has 0 radical (unpaired) electrons. The molecular weight excluding hydrogens is 344 g/mol. The molecule has 2 aromatic carbocycles. The number of halogens is 1. The SMILES string of the molecule is C[C@@H](NC(=O)c1ccccc1Cl)C(=O)NCc1ccc2c(c1)OCO2. The number of amides is 2. The van der Waals surface area contributed by atoms with Gasteiger partial charge in [-0.25, -0.2) is 0 Å². The van der Waals surface area contributed by atoms with Crippen molar-refractivity contribution in [2.45, 2.75) is 19.5 Å². The van der Waals surface area contributed by atoms with Crippen molar-refractivity contribution in [2.75, 3.05) is 6.79 Å². The van der Waals surface area contributed by atoms with Gasteiger partial charge in [0.2, 0.25) is 12.7 Å². The molecule has 25 heavy (non-hydrogen) atoms. The van der Waals surface area contributed by atoms with Gasteiger partial charge in [-0.15, -0.1) is 0 Å². The van der Waals surface area contributed by atoms with Crippen LogP contribution >= 0.6 is 11.6 Å². The minimum atomic E-state index is -0.696. The summed E-state index contributed by atoms with van der Waals surface area (Å²) in [6.45, 7) is 2.14. The second-order valence-corrected chi connectivity index (χ2v) is 5.99. The minimum Gasteiger partial charge on any atom is -0.454 e. The summed E-state index contributed by atoms with van der Waals surface area (Å²) in [6.07, 6.45) is 0. The predicted molar refractivity (Wildman–Crippen MR) is 92.8 cm³/mol. The zero-order valence-electron chi connectivity index (χ0n) is 13.5. The Kier molecular flexibility index (Phi) is 5.09. The standard InChI is InChI=1S/C18H17ClN2O4/c1-11(21-18(23)13-4-2-3-5-14(13)19)17(22)20-9-12-6-7-15-16(8-12)25-10-24-15/h2-8,11H,9-10H2,1H3,(H,20,22)(H,21,23)/t11-/m1/s1. The van der Waals surface area contributed by atoms with Gasteiger partial charge in [0.05, 0.1) is 10.6 Å². The Balaban J connectivity index is 1.54. The van der Waals surface area contributed by atoms with E-state index < -0.39 is 11.9 Å². The summed E-state index contributed by atoms with van der Waals surface area (Å²) in [5.41, 5.74) is 1.21. The zero-order chi connectivity index (χ0) is 17.8. The molecule has 0 aromatic heterocycles. The molecule has 7 heteroatoms. The fraction of sp³-hybridized carbons (Fsp3) is 0.222. The highest BCUT2D eigenvalue weighted by Crippen LogP contribution is 2.32. The number of carbonyl (C=O) groups excluding carboxylic acids is 2. The predicted octanol–water partition coefficient (Wildman–Crippen LogP) is 2.50. The summed E-state index contributed by atoms with van der Waals surface area (Å²) in [6, 6.07) is 11.4. The number of fused-ring (bicyclic) bond motifs is 1. The number of benzene rings is 2. The fourth-order valence-electron chi connectivity index (χ4n) is 2.38. The molecule has 0 bridgehead atoms. The molecule has 2 N–H and O–H groups in total. The quantitative estimate of drug-likeness (QED) is 0.859. The van der Waals surface area contributed by atoms with Gasteiger partial charge >= 0.3 is 0 Å². The van der Waals surface area contributed by atoms with Gasteiger partial charge in [-0.1, -0.05) is 29.8 Å². The molecule has 1 aliphatic heterocycles. The molecule has 0 spiro atoms. The third-order valence-electron chi connectivity index (χ3n) is 3.76. The smallest absolute Gasteiger partial charge is 0.253 e. The van der Waals surface area contributed by atoms with Gasteiger partial charge in [0, 0.05) is 6.54 Å². The normalized spacial score (nSPS) is 13.2. The van der Waals surface area contributed by atoms with Crippen molar-refractivity contribution in [2.24, 2.45) is 0 Å². The summed E-state index contributed by atoms with van der Waals surface area (Å²) in [4.78, 5) is 24.4. The van der Waals surface area contributed by atoms with Crippen LogP contribution in [0.15, 0.2) is 42.5 Å². The number of carbonyl (C=O) groups is 2. The first-order valence-corrected chi connectivity index (χ1v) is 8.14. The molecule has 0 fully saturated rings. The third kappa shape index (κ3) is 4.03. The molecule has 0 saturated heterocycles. The van der Waals surface area contributed by atoms with Crippen molar-refractivity contribution in [3.63, 3.8) is 0 Å². The molecule has 130 valence electrons. The molecule has 0 aliphatic carbocycles. The maximum atomic E-state index is 12.2. The average Bonchev–Trinajstić information content (AvgIpc) is 3.07. The summed E-state index contributed by atoms with van der Waals surface area (Å²) in [5, 5.41) is 5.75. The van der Waals surface area contributed by atoms with Crippen LogP contribution in [0.5, 0.6) is 11.5 Å². The summed E-state index contributed by atoms with van der Waals surface area (Å²) in [7, 11) is 0. The molecule has 1 atom stereocenters. The lowest BCUT2D eigenvalue weighted by Crippen LogP contribution is -2.44. The van der Waals surface area contributed by atoms with Gasteiger partial charge in [0.25, 0.3) is 5.91 Å². The van der Waals surface area contributed by atoms with Crippen LogP contribution in [-0.2, 0) is 11.3 Å². The van der Waals surface area contributed by atoms with Crippen molar-refractivity contribution in [3.8, 4) is 11.5 Å². The van der Waals surface area contributed by atoms with Crippen LogP contribution in [0.1, 0.15) is 22.8 Å². The highest BCUT2D eigenvalue weighted by Gasteiger charge is 2.18. The van der Waals surface area contributed by atoms with Crippen LogP contribution in [-0.4, -0.2) is 24.6 Å². The van der Waals surface area contributed by atoms with E-state index in [1.165, 1.54) is 0 Å². The summed E-state index contributed by atoms with van der Waals surface area (Å²) >= 11 is 5.99. The Morgan fingerprint density at radius 2 is 1.92 bits per heavy atom. The van der Waals surface area contributed by atoms with Crippen LogP contribution < -0.4 is 20.1 Å². The van der Waals surface area contributed by atoms with Crippen molar-refractivity contribution in [1.82, 2.24) is 10.6 Å². The lowest BCUT2D eigenvalue weighted by atomic mass is 10.2. The second-order valence-electron chi connectivity index (χ2n) is 5.58. The number of rotatable bonds is 5. The van der Waals surface area contributed by atoms with Crippen LogP contribution in [0.4, 0.5) is 0 Å². The molecular formula is C18H17ClN2O4. The minimum absolute atomic E-state index is 0.205. The van der Waals surface area contributed by atoms with Crippen LogP contribution in [0.3, 0.4) is 0 Å². The lowest BCUT2D eigenvalue weighted by Gasteiger charge is -2.15. The van der Waals surface area contributed by atoms with Gasteiger partial charge in [-0.3, -0.25) is 9.59 Å². The van der Waals surface area contributed by atoms with E-state index in [2.05, 4.69) is 10.6 Å². The zero-order valence-corrected chi connectivity index (χ0v) is 14.3. The monoisotopic (exact) mass is 360 g/mol. The van der Waals surface area contributed by atoms with Gasteiger partial charge in [-0.2, -0.15) is 0 Å². The Labute approximate surface area is 150 Å². The highest BCUT2D eigenvalue weighted by atomic mass is 35.5. The maximum Gasteiger partial charge on any atom is 0.253 e. The van der Waals surface area contributed by atoms with E-state index >= 15 is 0 Å². The number of hydrogen-bond acceptors (Lipinski definition) is 4. The van der Waals surface area contributed by atoms with Crippen LogP contribution in [0.2, 0.25) is 5.02 Å². The van der Waals surface area contributed by atoms with E-state index in [1.54, 1.807) is 37.3 Å². The third-order valence-corrected chi connectivity index (χ3v) is 4.09. The molecule has 3 rings (SSSR count). The maximum absolute atomic E-state index is 12.2. The van der Waals surface area contributed by atoms with Gasteiger partial charge in [0.1, 0.15) is 6.04 Å². The Bertz CT molecular complexity index is 809. The van der Waals surface area contributed by atoms with E-state index in [4.69, 9.17) is 21.1 Å². The topological polar surface area (TPSA) is 76.7 Å². The Morgan fingerprint density at radius 1 is 1.16 bits per heavy atom. The molecule has 0 saturated carbocycles. The Hall–Kier alpha value is -2.73. The van der Waals surface area contributed by atoms with E-state index in [-0.39, 0.29) is 12.7 Å². The number of nitrogens with one attached hydrogen (secondary N) is 2. The first-order valence-electron chi connectivity index (χ1n) is 7.76. The van der Waals surface area contributed by atoms with Crippen molar-refractivity contribution < 1.29 is 19.1 Å².